The number of nitrogens with zero attached hydrogens (tertiary/aromatic N) is 2. The zero-order chi connectivity index (χ0) is 23.0. The first kappa shape index (κ1) is 22.0. The smallest absolute Gasteiger partial charge is 0.326 e. The molecule has 1 heterocycles. The average molecular weight is 441 g/mol. The number of benzene rings is 3. The van der Waals surface area contributed by atoms with Gasteiger partial charge in [0.25, 0.3) is 11.5 Å². The Bertz CT molecular complexity index is 1300. The van der Waals surface area contributed by atoms with Crippen molar-refractivity contribution in [1.29, 1.82) is 0 Å². The minimum atomic E-state index is -0.691. The first-order valence-electron chi connectivity index (χ1n) is 10.6. The Balaban J connectivity index is 1.37. The molecule has 1 amide bonds. The molecule has 33 heavy (non-hydrogen) atoms. The lowest BCUT2D eigenvalue weighted by Crippen LogP contribution is -2.34. The highest BCUT2D eigenvalue weighted by molar-refractivity contribution is 5.81. The van der Waals surface area contributed by atoms with Gasteiger partial charge in [-0.25, -0.2) is 4.98 Å². The van der Waals surface area contributed by atoms with Crippen LogP contribution >= 0.6 is 0 Å². The Morgan fingerprint density at radius 3 is 2.33 bits per heavy atom. The molecule has 1 atom stereocenters. The Labute approximate surface area is 190 Å². The standard InChI is InChI=1S/C26H23N3O4/c30-24(28-23(20-11-5-2-6-12-20)15-19-9-3-1-4-10-19)17-33-25(31)16-29-18-27-22-14-8-7-13-21(22)26(29)32/h1-14,18,23H,15-17H2,(H,28,30). The molecule has 0 saturated heterocycles. The van der Waals surface area contributed by atoms with Crippen molar-refractivity contribution in [3.63, 3.8) is 0 Å². The molecule has 1 aromatic heterocycles. The molecule has 0 spiro atoms. The van der Waals surface area contributed by atoms with Gasteiger partial charge in [-0.1, -0.05) is 72.8 Å². The van der Waals surface area contributed by atoms with Crippen molar-refractivity contribution in [1.82, 2.24) is 14.9 Å². The molecule has 1 unspecified atom stereocenters. The molecular weight excluding hydrogens is 418 g/mol. The van der Waals surface area contributed by atoms with Crippen LogP contribution in [0, 0.1) is 0 Å². The fraction of sp³-hybridized carbons (Fsp3) is 0.154. The summed E-state index contributed by atoms with van der Waals surface area (Å²) in [4.78, 5) is 41.5. The van der Waals surface area contributed by atoms with E-state index in [1.54, 1.807) is 24.3 Å². The summed E-state index contributed by atoms with van der Waals surface area (Å²) in [7, 11) is 0. The van der Waals surface area contributed by atoms with Crippen molar-refractivity contribution in [2.45, 2.75) is 19.0 Å². The number of fused-ring (bicyclic) bond motifs is 1. The van der Waals surface area contributed by atoms with Gasteiger partial charge in [0.1, 0.15) is 6.54 Å². The molecule has 7 nitrogen and oxygen atoms in total. The van der Waals surface area contributed by atoms with Gasteiger partial charge in [-0.05, 0) is 29.7 Å². The molecular formula is C26H23N3O4. The largest absolute Gasteiger partial charge is 0.454 e. The number of hydrogen-bond donors (Lipinski definition) is 1. The Morgan fingerprint density at radius 2 is 1.58 bits per heavy atom. The molecule has 0 bridgehead atoms. The second-order valence-corrected chi connectivity index (χ2v) is 7.58. The van der Waals surface area contributed by atoms with E-state index in [0.717, 1.165) is 11.1 Å². The molecule has 166 valence electrons. The highest BCUT2D eigenvalue weighted by Gasteiger charge is 2.17. The van der Waals surface area contributed by atoms with Gasteiger partial charge in [-0.15, -0.1) is 0 Å². The normalized spacial score (nSPS) is 11.6. The van der Waals surface area contributed by atoms with E-state index in [2.05, 4.69) is 10.3 Å². The number of carbonyl (C=O) groups is 2. The summed E-state index contributed by atoms with van der Waals surface area (Å²) >= 11 is 0. The topological polar surface area (TPSA) is 90.3 Å². The maximum absolute atomic E-state index is 12.5. The lowest BCUT2D eigenvalue weighted by molar-refractivity contribution is -0.149. The number of amides is 1. The number of nitrogens with one attached hydrogen (secondary N) is 1. The van der Waals surface area contributed by atoms with Crippen LogP contribution in [0.1, 0.15) is 17.2 Å². The predicted molar refractivity (Wildman–Crippen MR) is 124 cm³/mol. The summed E-state index contributed by atoms with van der Waals surface area (Å²) in [5.74, 6) is -1.11. The van der Waals surface area contributed by atoms with Crippen LogP contribution in [0.2, 0.25) is 0 Å². The van der Waals surface area contributed by atoms with Crippen LogP contribution in [0.5, 0.6) is 0 Å². The van der Waals surface area contributed by atoms with E-state index in [1.165, 1.54) is 10.9 Å². The van der Waals surface area contributed by atoms with Crippen LogP contribution in [0.3, 0.4) is 0 Å². The maximum atomic E-state index is 12.5. The van der Waals surface area contributed by atoms with Crippen LogP contribution in [0.4, 0.5) is 0 Å². The number of ether oxygens (including phenoxy) is 1. The number of esters is 1. The van der Waals surface area contributed by atoms with E-state index in [-0.39, 0.29) is 18.1 Å². The van der Waals surface area contributed by atoms with Crippen LogP contribution in [0.15, 0.2) is 96.1 Å². The first-order valence-corrected chi connectivity index (χ1v) is 10.6. The second kappa shape index (κ2) is 10.4. The first-order chi connectivity index (χ1) is 16.1. The fourth-order valence-electron chi connectivity index (χ4n) is 3.57. The Hall–Kier alpha value is -4.26. The van der Waals surface area contributed by atoms with E-state index >= 15 is 0 Å². The van der Waals surface area contributed by atoms with Gasteiger partial charge >= 0.3 is 5.97 Å². The average Bonchev–Trinajstić information content (AvgIpc) is 2.85. The molecule has 1 N–H and O–H groups in total. The molecule has 0 aliphatic rings. The van der Waals surface area contributed by atoms with Gasteiger partial charge in [-0.2, -0.15) is 0 Å². The van der Waals surface area contributed by atoms with Gasteiger partial charge in [0.15, 0.2) is 6.61 Å². The van der Waals surface area contributed by atoms with E-state index in [1.807, 2.05) is 60.7 Å². The fourth-order valence-corrected chi connectivity index (χ4v) is 3.57. The Kier molecular flexibility index (Phi) is 6.90. The lowest BCUT2D eigenvalue weighted by atomic mass is 9.99. The van der Waals surface area contributed by atoms with Gasteiger partial charge < -0.3 is 10.1 Å². The third-order valence-corrected chi connectivity index (χ3v) is 5.22. The molecule has 0 radical (unpaired) electrons. The molecule has 0 fully saturated rings. The predicted octanol–water partition coefficient (Wildman–Crippen LogP) is 3.04. The van der Waals surface area contributed by atoms with Gasteiger partial charge in [0.05, 0.1) is 23.3 Å². The van der Waals surface area contributed by atoms with Crippen LogP contribution in [0.25, 0.3) is 10.9 Å². The van der Waals surface area contributed by atoms with E-state index in [9.17, 15) is 14.4 Å². The summed E-state index contributed by atoms with van der Waals surface area (Å²) < 4.78 is 6.29. The van der Waals surface area contributed by atoms with Gasteiger partial charge in [-0.3, -0.25) is 19.0 Å². The summed E-state index contributed by atoms with van der Waals surface area (Å²) in [6.07, 6.45) is 1.90. The summed E-state index contributed by atoms with van der Waals surface area (Å²) in [6, 6.07) is 26.1. The molecule has 0 aliphatic heterocycles. The molecule has 7 heteroatoms. The zero-order valence-electron chi connectivity index (χ0n) is 17.9. The van der Waals surface area contributed by atoms with E-state index < -0.39 is 18.5 Å². The van der Waals surface area contributed by atoms with Crippen LogP contribution in [-0.2, 0) is 27.3 Å². The lowest BCUT2D eigenvalue weighted by Gasteiger charge is -2.19. The molecule has 0 aliphatic carbocycles. The molecule has 4 rings (SSSR count). The molecule has 4 aromatic rings. The SMILES string of the molecule is O=C(COC(=O)Cn1cnc2ccccc2c1=O)NC(Cc1ccccc1)c1ccccc1. The number of rotatable bonds is 8. The summed E-state index contributed by atoms with van der Waals surface area (Å²) in [5, 5.41) is 3.35. The highest BCUT2D eigenvalue weighted by atomic mass is 16.5. The third kappa shape index (κ3) is 5.71. The molecule has 0 saturated carbocycles. The van der Waals surface area contributed by atoms with Crippen molar-refractivity contribution >= 4 is 22.8 Å². The maximum Gasteiger partial charge on any atom is 0.326 e. The van der Waals surface area contributed by atoms with Crippen molar-refractivity contribution in [3.05, 3.63) is 113 Å². The van der Waals surface area contributed by atoms with Crippen molar-refractivity contribution < 1.29 is 14.3 Å². The van der Waals surface area contributed by atoms with Gasteiger partial charge in [0, 0.05) is 0 Å². The number of aromatic nitrogens is 2. The van der Waals surface area contributed by atoms with E-state index in [4.69, 9.17) is 4.74 Å². The molecule has 3 aromatic carbocycles. The van der Waals surface area contributed by atoms with Crippen molar-refractivity contribution in [2.75, 3.05) is 6.61 Å². The minimum Gasteiger partial charge on any atom is -0.454 e. The third-order valence-electron chi connectivity index (χ3n) is 5.22. The van der Waals surface area contributed by atoms with Crippen LogP contribution in [-0.4, -0.2) is 28.0 Å². The summed E-state index contributed by atoms with van der Waals surface area (Å²) in [5.41, 5.74) is 2.24. The van der Waals surface area contributed by atoms with E-state index in [0.29, 0.717) is 17.3 Å². The minimum absolute atomic E-state index is 0.271. The monoisotopic (exact) mass is 441 g/mol. The number of carbonyl (C=O) groups excluding carboxylic acids is 2. The zero-order valence-corrected chi connectivity index (χ0v) is 17.9. The Morgan fingerprint density at radius 1 is 0.909 bits per heavy atom. The number of hydrogen-bond acceptors (Lipinski definition) is 5. The quantitative estimate of drug-likeness (QED) is 0.425. The van der Waals surface area contributed by atoms with Crippen molar-refractivity contribution in [3.8, 4) is 0 Å². The second-order valence-electron chi connectivity index (χ2n) is 7.58. The summed E-state index contributed by atoms with van der Waals surface area (Å²) in [6.45, 7) is -0.761. The van der Waals surface area contributed by atoms with Crippen molar-refractivity contribution in [2.24, 2.45) is 0 Å². The van der Waals surface area contributed by atoms with Crippen LogP contribution < -0.4 is 10.9 Å². The highest BCUT2D eigenvalue weighted by Crippen LogP contribution is 2.18. The van der Waals surface area contributed by atoms with Gasteiger partial charge in [0.2, 0.25) is 0 Å². The number of para-hydroxylation sites is 1.